The molecule has 1 heterocycles. The van der Waals surface area contributed by atoms with Gasteiger partial charge in [0.25, 0.3) is 5.69 Å². The summed E-state index contributed by atoms with van der Waals surface area (Å²) in [4.78, 5) is 23.7. The molecule has 148 valence electrons. The van der Waals surface area contributed by atoms with E-state index in [1.165, 1.54) is 12.1 Å². The highest BCUT2D eigenvalue weighted by Gasteiger charge is 2.17. The van der Waals surface area contributed by atoms with Crippen molar-refractivity contribution in [1.82, 2.24) is 14.6 Å². The topological polar surface area (TPSA) is 73.4 Å². The number of rotatable bonds is 9. The first-order valence-electron chi connectivity index (χ1n) is 9.32. The molecule has 2 aromatic carbocycles. The standard InChI is InChI=1S/C20H23ClN4O3/c1-3-23(4-2)12-5-13-28-24-19-14-17(25(26)27)10-11-18(19)22-20(24)15-6-8-16(21)9-7-15/h6-11,14H,3-5,12-13H2,1-2H3. The average molecular weight is 403 g/mol. The Hall–Kier alpha value is -2.64. The Balaban J connectivity index is 1.93. The number of hydrogen-bond acceptors (Lipinski definition) is 5. The first-order chi connectivity index (χ1) is 13.5. The number of hydrogen-bond donors (Lipinski definition) is 0. The number of aromatic nitrogens is 2. The van der Waals surface area contributed by atoms with Gasteiger partial charge in [0.05, 0.1) is 10.4 Å². The van der Waals surface area contributed by atoms with Crippen LogP contribution >= 0.6 is 11.6 Å². The number of imidazole rings is 1. The molecule has 3 aromatic rings. The van der Waals surface area contributed by atoms with Crippen LogP contribution in [0.5, 0.6) is 0 Å². The minimum Gasteiger partial charge on any atom is -0.412 e. The van der Waals surface area contributed by atoms with Gasteiger partial charge in [0, 0.05) is 29.3 Å². The number of halogens is 1. The van der Waals surface area contributed by atoms with E-state index in [-0.39, 0.29) is 5.69 Å². The Morgan fingerprint density at radius 3 is 2.54 bits per heavy atom. The van der Waals surface area contributed by atoms with Crippen LogP contribution in [-0.4, -0.2) is 45.8 Å². The van der Waals surface area contributed by atoms with E-state index in [2.05, 4.69) is 23.7 Å². The summed E-state index contributed by atoms with van der Waals surface area (Å²) < 4.78 is 1.59. The van der Waals surface area contributed by atoms with Crippen LogP contribution in [-0.2, 0) is 0 Å². The first-order valence-corrected chi connectivity index (χ1v) is 9.69. The van der Waals surface area contributed by atoms with Crippen molar-refractivity contribution in [2.24, 2.45) is 0 Å². The van der Waals surface area contributed by atoms with E-state index >= 15 is 0 Å². The molecular weight excluding hydrogens is 380 g/mol. The second-order valence-corrected chi connectivity index (χ2v) is 6.82. The minimum atomic E-state index is -0.418. The molecule has 0 atom stereocenters. The summed E-state index contributed by atoms with van der Waals surface area (Å²) in [6.07, 6.45) is 0.844. The van der Waals surface area contributed by atoms with Crippen molar-refractivity contribution < 1.29 is 9.76 Å². The van der Waals surface area contributed by atoms with Gasteiger partial charge in [0.1, 0.15) is 12.1 Å². The van der Waals surface area contributed by atoms with Crippen LogP contribution in [0.4, 0.5) is 5.69 Å². The number of non-ortho nitro benzene ring substituents is 1. The lowest BCUT2D eigenvalue weighted by atomic mass is 10.2. The van der Waals surface area contributed by atoms with Gasteiger partial charge in [-0.25, -0.2) is 4.98 Å². The summed E-state index contributed by atoms with van der Waals surface area (Å²) in [7, 11) is 0. The lowest BCUT2D eigenvalue weighted by Crippen LogP contribution is -2.26. The van der Waals surface area contributed by atoms with E-state index < -0.39 is 4.92 Å². The normalized spacial score (nSPS) is 11.3. The van der Waals surface area contributed by atoms with Crippen LogP contribution in [0.1, 0.15) is 20.3 Å². The molecule has 1 aromatic heterocycles. The summed E-state index contributed by atoms with van der Waals surface area (Å²) in [6.45, 7) is 7.65. The Labute approximate surface area is 168 Å². The maximum absolute atomic E-state index is 11.2. The Kier molecular flexibility index (Phi) is 6.49. The van der Waals surface area contributed by atoms with Crippen molar-refractivity contribution in [3.8, 4) is 11.4 Å². The molecule has 0 aliphatic carbocycles. The van der Waals surface area contributed by atoms with Crippen molar-refractivity contribution in [2.75, 3.05) is 26.2 Å². The maximum atomic E-state index is 11.2. The number of nitro benzene ring substituents is 1. The molecule has 0 N–H and O–H groups in total. The third kappa shape index (κ3) is 4.43. The zero-order valence-electron chi connectivity index (χ0n) is 16.0. The van der Waals surface area contributed by atoms with Crippen LogP contribution in [0.2, 0.25) is 5.02 Å². The first kappa shape index (κ1) is 20.1. The second kappa shape index (κ2) is 9.03. The summed E-state index contributed by atoms with van der Waals surface area (Å²) >= 11 is 5.99. The molecule has 0 unspecified atom stereocenters. The van der Waals surface area contributed by atoms with Crippen LogP contribution in [0.25, 0.3) is 22.4 Å². The minimum absolute atomic E-state index is 0.00282. The molecule has 0 saturated heterocycles. The van der Waals surface area contributed by atoms with Crippen molar-refractivity contribution in [3.63, 3.8) is 0 Å². The molecule has 0 amide bonds. The molecule has 3 rings (SSSR count). The molecule has 0 bridgehead atoms. The van der Waals surface area contributed by atoms with Crippen LogP contribution in [0.15, 0.2) is 42.5 Å². The number of fused-ring (bicyclic) bond motifs is 1. The molecule has 0 aliphatic heterocycles. The highest BCUT2D eigenvalue weighted by atomic mass is 35.5. The number of nitrogens with zero attached hydrogens (tertiary/aromatic N) is 4. The molecule has 0 aliphatic rings. The van der Waals surface area contributed by atoms with Crippen LogP contribution in [0, 0.1) is 10.1 Å². The predicted molar refractivity (Wildman–Crippen MR) is 111 cm³/mol. The fraction of sp³-hybridized carbons (Fsp3) is 0.350. The smallest absolute Gasteiger partial charge is 0.271 e. The number of nitro groups is 1. The monoisotopic (exact) mass is 402 g/mol. The SMILES string of the molecule is CCN(CC)CCCOn1c(-c2ccc(Cl)cc2)nc2ccc([N+](=O)[O-])cc21. The summed E-state index contributed by atoms with van der Waals surface area (Å²) in [6, 6.07) is 11.9. The van der Waals surface area contributed by atoms with Crippen molar-refractivity contribution in [2.45, 2.75) is 20.3 Å². The summed E-state index contributed by atoms with van der Waals surface area (Å²) in [5, 5.41) is 11.8. The van der Waals surface area contributed by atoms with Crippen LogP contribution < -0.4 is 4.84 Å². The zero-order chi connectivity index (χ0) is 20.1. The van der Waals surface area contributed by atoms with Crippen molar-refractivity contribution in [1.29, 1.82) is 0 Å². The fourth-order valence-electron chi connectivity index (χ4n) is 3.05. The summed E-state index contributed by atoms with van der Waals surface area (Å²) in [5.41, 5.74) is 2.04. The largest absolute Gasteiger partial charge is 0.412 e. The van der Waals surface area contributed by atoms with E-state index in [9.17, 15) is 10.1 Å². The van der Waals surface area contributed by atoms with Gasteiger partial charge in [-0.15, -0.1) is 0 Å². The van der Waals surface area contributed by atoms with E-state index in [0.29, 0.717) is 28.5 Å². The molecule has 0 radical (unpaired) electrons. The van der Waals surface area contributed by atoms with Gasteiger partial charge in [0.15, 0.2) is 5.82 Å². The van der Waals surface area contributed by atoms with E-state index in [1.807, 2.05) is 12.1 Å². The van der Waals surface area contributed by atoms with Gasteiger partial charge in [0.2, 0.25) is 0 Å². The maximum Gasteiger partial charge on any atom is 0.271 e. The highest BCUT2D eigenvalue weighted by molar-refractivity contribution is 6.30. The van der Waals surface area contributed by atoms with Gasteiger partial charge in [-0.1, -0.05) is 25.4 Å². The molecule has 0 fully saturated rings. The van der Waals surface area contributed by atoms with Gasteiger partial charge >= 0.3 is 0 Å². The quantitative estimate of drug-likeness (QED) is 0.301. The second-order valence-electron chi connectivity index (χ2n) is 6.38. The van der Waals surface area contributed by atoms with Crippen LogP contribution in [0.3, 0.4) is 0 Å². The van der Waals surface area contributed by atoms with E-state index in [4.69, 9.17) is 16.4 Å². The Morgan fingerprint density at radius 1 is 1.18 bits per heavy atom. The van der Waals surface area contributed by atoms with E-state index in [1.54, 1.807) is 22.9 Å². The van der Waals surface area contributed by atoms with Crippen molar-refractivity contribution in [3.05, 3.63) is 57.6 Å². The van der Waals surface area contributed by atoms with Gasteiger partial charge in [-0.3, -0.25) is 10.1 Å². The molecule has 7 nitrogen and oxygen atoms in total. The number of benzene rings is 2. The third-order valence-corrected chi connectivity index (χ3v) is 4.90. The average Bonchev–Trinajstić information content (AvgIpc) is 3.06. The highest BCUT2D eigenvalue weighted by Crippen LogP contribution is 2.27. The molecule has 0 saturated carbocycles. The fourth-order valence-corrected chi connectivity index (χ4v) is 3.18. The van der Waals surface area contributed by atoms with Gasteiger partial charge < -0.3 is 9.74 Å². The molecule has 28 heavy (non-hydrogen) atoms. The Morgan fingerprint density at radius 2 is 1.89 bits per heavy atom. The zero-order valence-corrected chi connectivity index (χ0v) is 16.7. The van der Waals surface area contributed by atoms with E-state index in [0.717, 1.165) is 31.6 Å². The summed E-state index contributed by atoms with van der Waals surface area (Å²) in [5.74, 6) is 0.593. The molecule has 0 spiro atoms. The predicted octanol–water partition coefficient (Wildman–Crippen LogP) is 4.43. The lowest BCUT2D eigenvalue weighted by molar-refractivity contribution is -0.384. The molecule has 8 heteroatoms. The third-order valence-electron chi connectivity index (χ3n) is 4.64. The molecular formula is C20H23ClN4O3. The Bertz CT molecular complexity index is 952. The van der Waals surface area contributed by atoms with Crippen molar-refractivity contribution >= 4 is 28.3 Å². The van der Waals surface area contributed by atoms with Gasteiger partial charge in [-0.2, -0.15) is 4.73 Å². The lowest BCUT2D eigenvalue weighted by Gasteiger charge is -2.18. The van der Waals surface area contributed by atoms with Gasteiger partial charge in [-0.05, 0) is 49.8 Å².